The van der Waals surface area contributed by atoms with E-state index in [1.165, 1.54) is 18.1 Å². The van der Waals surface area contributed by atoms with E-state index in [9.17, 15) is 19.8 Å². The molecule has 0 saturated carbocycles. The van der Waals surface area contributed by atoms with Crippen LogP contribution >= 0.6 is 15.9 Å². The number of likely N-dealkylation sites (tertiary alicyclic amines) is 1. The maximum absolute atomic E-state index is 13.3. The number of rotatable bonds is 7. The largest absolute Gasteiger partial charge is 0.507 e. The molecule has 0 aromatic heterocycles. The van der Waals surface area contributed by atoms with Crippen LogP contribution in [0.3, 0.4) is 0 Å². The number of hydrogen-bond donors (Lipinski definition) is 2. The van der Waals surface area contributed by atoms with Crippen molar-refractivity contribution >= 4 is 33.4 Å². The number of phenols is 1. The molecule has 3 aromatic rings. The average molecular weight is 538 g/mol. The number of methoxy groups -OCH3 is 1. The van der Waals surface area contributed by atoms with E-state index in [4.69, 9.17) is 9.47 Å². The minimum absolute atomic E-state index is 0.0413. The molecule has 1 aliphatic rings. The fourth-order valence-corrected chi connectivity index (χ4v) is 4.41. The molecule has 1 atom stereocenters. The van der Waals surface area contributed by atoms with Crippen LogP contribution in [-0.2, 0) is 16.1 Å². The number of carbonyl (C=O) groups excluding carboxylic acids is 2. The highest BCUT2D eigenvalue weighted by Crippen LogP contribution is 2.43. The zero-order valence-electron chi connectivity index (χ0n) is 19.2. The topological polar surface area (TPSA) is 96.3 Å². The van der Waals surface area contributed by atoms with Crippen LogP contribution in [0.2, 0.25) is 0 Å². The summed E-state index contributed by atoms with van der Waals surface area (Å²) in [5.74, 6) is -1.10. The van der Waals surface area contributed by atoms with Crippen LogP contribution in [-0.4, -0.2) is 40.5 Å². The highest BCUT2D eigenvalue weighted by Gasteiger charge is 2.46. The van der Waals surface area contributed by atoms with Crippen molar-refractivity contribution in [1.29, 1.82) is 0 Å². The van der Waals surface area contributed by atoms with Crippen molar-refractivity contribution in [3.05, 3.63) is 93.5 Å². The van der Waals surface area contributed by atoms with Crippen molar-refractivity contribution in [2.45, 2.75) is 19.5 Å². The van der Waals surface area contributed by atoms with Crippen LogP contribution < -0.4 is 9.47 Å². The van der Waals surface area contributed by atoms with Gasteiger partial charge in [-0.2, -0.15) is 0 Å². The van der Waals surface area contributed by atoms with Crippen molar-refractivity contribution < 1.29 is 29.3 Å². The maximum atomic E-state index is 13.3. The summed E-state index contributed by atoms with van der Waals surface area (Å²) in [5, 5.41) is 21.4. The maximum Gasteiger partial charge on any atom is 0.295 e. The second kappa shape index (κ2) is 10.2. The smallest absolute Gasteiger partial charge is 0.295 e. The molecule has 0 bridgehead atoms. The van der Waals surface area contributed by atoms with Crippen molar-refractivity contribution in [3.63, 3.8) is 0 Å². The first-order valence-electron chi connectivity index (χ1n) is 11.0. The molecule has 7 nitrogen and oxygen atoms in total. The van der Waals surface area contributed by atoms with Crippen LogP contribution in [0.25, 0.3) is 5.76 Å². The molecule has 3 aromatic carbocycles. The first kappa shape index (κ1) is 24.3. The van der Waals surface area contributed by atoms with Gasteiger partial charge in [0.25, 0.3) is 11.7 Å². The normalized spacial score (nSPS) is 17.0. The second-order valence-electron chi connectivity index (χ2n) is 7.91. The lowest BCUT2D eigenvalue weighted by atomic mass is 9.94. The summed E-state index contributed by atoms with van der Waals surface area (Å²) in [6, 6.07) is 17.7. The number of aliphatic hydroxyl groups is 1. The molecule has 0 spiro atoms. The molecule has 1 amide bonds. The quantitative estimate of drug-likeness (QED) is 0.245. The number of benzene rings is 3. The van der Waals surface area contributed by atoms with Gasteiger partial charge in [0.05, 0.1) is 31.9 Å². The molecule has 180 valence electrons. The number of Topliss-reactive ketones (excluding diaryl/α,β-unsaturated/α-hetero) is 1. The van der Waals surface area contributed by atoms with E-state index in [2.05, 4.69) is 15.9 Å². The molecule has 1 fully saturated rings. The standard InChI is InChI=1S/C27H24BrNO6/c1-3-35-22-14-17(10-13-20(22)30)24-23(25(31)16-8-11-19(28)12-9-16)26(32)27(33)29(24)15-18-6-4-5-7-21(18)34-2/h4-14,24,30-31H,3,15H2,1-2H3/b25-23-. The van der Waals surface area contributed by atoms with Crippen LogP contribution in [0.15, 0.2) is 76.8 Å². The lowest BCUT2D eigenvalue weighted by molar-refractivity contribution is -0.140. The van der Waals surface area contributed by atoms with Gasteiger partial charge in [-0.15, -0.1) is 0 Å². The lowest BCUT2D eigenvalue weighted by Crippen LogP contribution is -2.29. The monoisotopic (exact) mass is 537 g/mol. The summed E-state index contributed by atoms with van der Waals surface area (Å²) < 4.78 is 11.8. The van der Waals surface area contributed by atoms with E-state index < -0.39 is 17.7 Å². The summed E-state index contributed by atoms with van der Waals surface area (Å²) >= 11 is 3.36. The van der Waals surface area contributed by atoms with Gasteiger partial charge in [0, 0.05) is 15.6 Å². The van der Waals surface area contributed by atoms with Gasteiger partial charge in [-0.25, -0.2) is 0 Å². The van der Waals surface area contributed by atoms with E-state index in [-0.39, 0.29) is 29.4 Å². The number of ether oxygens (including phenoxy) is 2. The number of hydrogen-bond acceptors (Lipinski definition) is 6. The third-order valence-electron chi connectivity index (χ3n) is 5.79. The summed E-state index contributed by atoms with van der Waals surface area (Å²) in [4.78, 5) is 27.9. The minimum atomic E-state index is -0.914. The van der Waals surface area contributed by atoms with E-state index in [1.54, 1.807) is 49.4 Å². The fraction of sp³-hybridized carbons (Fsp3) is 0.185. The Balaban J connectivity index is 1.89. The number of aromatic hydroxyl groups is 1. The molecule has 1 heterocycles. The van der Waals surface area contributed by atoms with E-state index in [0.717, 1.165) is 4.47 Å². The molecule has 1 saturated heterocycles. The van der Waals surface area contributed by atoms with Gasteiger partial charge in [0.2, 0.25) is 0 Å². The Morgan fingerprint density at radius 3 is 2.43 bits per heavy atom. The molecule has 1 aliphatic heterocycles. The molecule has 8 heteroatoms. The highest BCUT2D eigenvalue weighted by atomic mass is 79.9. The zero-order chi connectivity index (χ0) is 25.1. The van der Waals surface area contributed by atoms with Gasteiger partial charge in [-0.1, -0.05) is 52.3 Å². The Kier molecular flexibility index (Phi) is 7.12. The number of aliphatic hydroxyl groups excluding tert-OH is 1. The molecule has 4 rings (SSSR count). The van der Waals surface area contributed by atoms with Crippen molar-refractivity contribution in [1.82, 2.24) is 4.90 Å². The third kappa shape index (κ3) is 4.74. The SMILES string of the molecule is CCOc1cc(C2/C(=C(/O)c3ccc(Br)cc3)C(=O)C(=O)N2Cc2ccccc2OC)ccc1O. The predicted octanol–water partition coefficient (Wildman–Crippen LogP) is 5.18. The number of nitrogens with zero attached hydrogens (tertiary/aromatic N) is 1. The highest BCUT2D eigenvalue weighted by molar-refractivity contribution is 9.10. The predicted molar refractivity (Wildman–Crippen MR) is 134 cm³/mol. The third-order valence-corrected chi connectivity index (χ3v) is 6.32. The Hall–Kier alpha value is -3.78. The van der Waals surface area contributed by atoms with Gasteiger partial charge in [-0.3, -0.25) is 9.59 Å². The van der Waals surface area contributed by atoms with E-state index in [0.29, 0.717) is 29.0 Å². The van der Waals surface area contributed by atoms with Gasteiger partial charge in [0.1, 0.15) is 11.5 Å². The van der Waals surface area contributed by atoms with E-state index >= 15 is 0 Å². The number of amides is 1. The van der Waals surface area contributed by atoms with Crippen molar-refractivity contribution in [2.24, 2.45) is 0 Å². The van der Waals surface area contributed by atoms with Gasteiger partial charge >= 0.3 is 0 Å². The number of ketones is 1. The Labute approximate surface area is 211 Å². The number of para-hydroxylation sites is 1. The molecule has 0 aliphatic carbocycles. The Morgan fingerprint density at radius 1 is 1.03 bits per heavy atom. The van der Waals surface area contributed by atoms with Crippen LogP contribution in [0.5, 0.6) is 17.2 Å². The fourth-order valence-electron chi connectivity index (χ4n) is 4.14. The number of halogens is 1. The molecule has 0 radical (unpaired) electrons. The number of phenolic OH excluding ortho intramolecular Hbond substituents is 1. The van der Waals surface area contributed by atoms with Gasteiger partial charge < -0.3 is 24.6 Å². The zero-order valence-corrected chi connectivity index (χ0v) is 20.8. The summed E-state index contributed by atoms with van der Waals surface area (Å²) in [7, 11) is 1.53. The summed E-state index contributed by atoms with van der Waals surface area (Å²) in [5.41, 5.74) is 1.58. The van der Waals surface area contributed by atoms with Gasteiger partial charge in [0.15, 0.2) is 11.5 Å². The Bertz CT molecular complexity index is 1300. The number of carbonyl (C=O) groups is 2. The molecule has 2 N–H and O–H groups in total. The van der Waals surface area contributed by atoms with Crippen molar-refractivity contribution in [3.8, 4) is 17.2 Å². The molecule has 1 unspecified atom stereocenters. The van der Waals surface area contributed by atoms with Crippen molar-refractivity contribution in [2.75, 3.05) is 13.7 Å². The summed E-state index contributed by atoms with van der Waals surface area (Å²) in [6.07, 6.45) is 0. The minimum Gasteiger partial charge on any atom is -0.507 e. The van der Waals surface area contributed by atoms with Crippen LogP contribution in [0.4, 0.5) is 0 Å². The first-order valence-corrected chi connectivity index (χ1v) is 11.8. The molecule has 35 heavy (non-hydrogen) atoms. The molecular formula is C27H24BrNO6. The van der Waals surface area contributed by atoms with Crippen LogP contribution in [0, 0.1) is 0 Å². The summed E-state index contributed by atoms with van der Waals surface area (Å²) in [6.45, 7) is 2.17. The second-order valence-corrected chi connectivity index (χ2v) is 8.82. The van der Waals surface area contributed by atoms with Gasteiger partial charge in [-0.05, 0) is 42.8 Å². The van der Waals surface area contributed by atoms with Crippen LogP contribution in [0.1, 0.15) is 29.7 Å². The average Bonchev–Trinajstić information content (AvgIpc) is 3.11. The Morgan fingerprint density at radius 2 is 1.74 bits per heavy atom. The first-order chi connectivity index (χ1) is 16.8. The van der Waals surface area contributed by atoms with E-state index in [1.807, 2.05) is 18.2 Å². The lowest BCUT2D eigenvalue weighted by Gasteiger charge is -2.26. The molecular weight excluding hydrogens is 514 g/mol.